The maximum atomic E-state index is 5.83. The van der Waals surface area contributed by atoms with Crippen molar-refractivity contribution in [3.8, 4) is 0 Å². The Morgan fingerprint density at radius 3 is 3.09 bits per heavy atom. The van der Waals surface area contributed by atoms with Gasteiger partial charge in [0.1, 0.15) is 5.15 Å². The maximum Gasteiger partial charge on any atom is 0.178 e. The van der Waals surface area contributed by atoms with E-state index in [4.69, 9.17) is 11.6 Å². The summed E-state index contributed by atoms with van der Waals surface area (Å²) in [4.78, 5) is 6.90. The van der Waals surface area contributed by atoms with Crippen LogP contribution in [-0.2, 0) is 0 Å². The number of aromatic amines is 1. The van der Waals surface area contributed by atoms with Gasteiger partial charge in [0.2, 0.25) is 0 Å². The van der Waals surface area contributed by atoms with Crippen LogP contribution in [0.1, 0.15) is 0 Å². The minimum absolute atomic E-state index is 0.541. The van der Waals surface area contributed by atoms with Gasteiger partial charge in [0.05, 0.1) is 5.39 Å². The Morgan fingerprint density at radius 2 is 2.27 bits per heavy atom. The first-order valence-electron chi connectivity index (χ1n) is 3.28. The Hall–Kier alpha value is -1.15. The van der Waals surface area contributed by atoms with E-state index >= 15 is 0 Å². The van der Waals surface area contributed by atoms with Gasteiger partial charge >= 0.3 is 0 Å². The number of fused-ring (bicyclic) bond motifs is 1. The second-order valence-electron chi connectivity index (χ2n) is 2.25. The summed E-state index contributed by atoms with van der Waals surface area (Å²) in [5.41, 5.74) is 0. The van der Waals surface area contributed by atoms with Crippen molar-refractivity contribution in [1.82, 2.24) is 4.98 Å². The summed E-state index contributed by atoms with van der Waals surface area (Å²) in [7, 11) is 0. The van der Waals surface area contributed by atoms with Gasteiger partial charge in [-0.1, -0.05) is 11.6 Å². The second kappa shape index (κ2) is 2.47. The van der Waals surface area contributed by atoms with E-state index in [0.717, 1.165) is 10.8 Å². The van der Waals surface area contributed by atoms with Gasteiger partial charge < -0.3 is 0 Å². The lowest BCUT2D eigenvalue weighted by Crippen LogP contribution is -1.97. The molecule has 0 aliphatic heterocycles. The molecule has 0 unspecified atom stereocenters. The highest BCUT2D eigenvalue weighted by atomic mass is 35.5. The number of rotatable bonds is 0. The van der Waals surface area contributed by atoms with Crippen molar-refractivity contribution in [2.45, 2.75) is 0 Å². The van der Waals surface area contributed by atoms with Crippen LogP contribution in [-0.4, -0.2) is 4.98 Å². The van der Waals surface area contributed by atoms with E-state index in [2.05, 4.69) is 9.97 Å². The Bertz CT molecular complexity index is 381. The van der Waals surface area contributed by atoms with E-state index in [9.17, 15) is 0 Å². The molecular weight excluding hydrogens is 160 g/mol. The highest BCUT2D eigenvalue weighted by Gasteiger charge is 1.99. The molecule has 0 fully saturated rings. The number of H-pyrrole nitrogens is 1. The summed E-state index contributed by atoms with van der Waals surface area (Å²) < 4.78 is 0. The molecule has 11 heavy (non-hydrogen) atoms. The smallest absolute Gasteiger partial charge is 0.178 e. The van der Waals surface area contributed by atoms with Crippen LogP contribution in [0.2, 0.25) is 5.15 Å². The fourth-order valence-electron chi connectivity index (χ4n) is 1.02. The third kappa shape index (κ3) is 1.05. The molecule has 3 heteroatoms. The molecule has 54 valence electrons. The molecule has 0 spiro atoms. The van der Waals surface area contributed by atoms with E-state index < -0.39 is 0 Å². The number of nitrogens with one attached hydrogen (secondary N) is 1. The first-order chi connectivity index (χ1) is 5.38. The monoisotopic (exact) mass is 165 g/mol. The third-order valence-electron chi connectivity index (χ3n) is 1.56. The number of hydrogen-bond acceptors (Lipinski definition) is 1. The average Bonchev–Trinajstić information content (AvgIpc) is 2.06. The molecule has 0 aromatic carbocycles. The van der Waals surface area contributed by atoms with Gasteiger partial charge in [0.25, 0.3) is 0 Å². The molecule has 0 saturated carbocycles. The fourth-order valence-corrected chi connectivity index (χ4v) is 1.24. The minimum Gasteiger partial charge on any atom is -0.244 e. The number of halogens is 1. The molecule has 0 radical (unpaired) electrons. The van der Waals surface area contributed by atoms with Crippen LogP contribution in [0.25, 0.3) is 10.8 Å². The largest absolute Gasteiger partial charge is 0.244 e. The average molecular weight is 166 g/mol. The zero-order valence-corrected chi connectivity index (χ0v) is 6.47. The topological polar surface area (TPSA) is 27.0 Å². The molecule has 2 nitrogen and oxygen atoms in total. The normalized spacial score (nSPS) is 10.3. The van der Waals surface area contributed by atoms with Gasteiger partial charge in [0, 0.05) is 12.3 Å². The van der Waals surface area contributed by atoms with Crippen molar-refractivity contribution in [2.75, 3.05) is 0 Å². The van der Waals surface area contributed by atoms with E-state index in [1.807, 2.05) is 24.5 Å². The molecule has 0 bridgehead atoms. The first kappa shape index (κ1) is 6.55. The molecule has 2 aromatic rings. The zero-order chi connectivity index (χ0) is 7.68. The zero-order valence-electron chi connectivity index (χ0n) is 5.71. The standard InChI is InChI=1S/C8H5ClN2/c9-8-7-5-10-3-1-6(7)2-4-11-8/h1-5H/p+1. The lowest BCUT2D eigenvalue weighted by atomic mass is 10.2. The number of nitrogens with zero attached hydrogens (tertiary/aromatic N) is 1. The molecule has 0 atom stereocenters. The van der Waals surface area contributed by atoms with Crippen LogP contribution in [0.5, 0.6) is 0 Å². The Labute approximate surface area is 68.9 Å². The molecule has 2 rings (SSSR count). The molecule has 0 aliphatic carbocycles. The summed E-state index contributed by atoms with van der Waals surface area (Å²) in [5.74, 6) is 0. The molecule has 0 amide bonds. The molecule has 0 saturated heterocycles. The summed E-state index contributed by atoms with van der Waals surface area (Å²) in [5, 5.41) is 2.60. The molecule has 2 heterocycles. The van der Waals surface area contributed by atoms with Gasteiger partial charge in [-0.2, -0.15) is 0 Å². The van der Waals surface area contributed by atoms with E-state index in [1.165, 1.54) is 0 Å². The van der Waals surface area contributed by atoms with E-state index in [-0.39, 0.29) is 0 Å². The quantitative estimate of drug-likeness (QED) is 0.546. The highest BCUT2D eigenvalue weighted by Crippen LogP contribution is 2.17. The predicted octanol–water partition coefficient (Wildman–Crippen LogP) is 1.70. The van der Waals surface area contributed by atoms with Gasteiger partial charge in [-0.25, -0.2) is 9.97 Å². The fraction of sp³-hybridized carbons (Fsp3) is 0. The SMILES string of the molecule is Clc1nccc2cc[nH+]cc12. The van der Waals surface area contributed by atoms with Crippen LogP contribution in [0.4, 0.5) is 0 Å². The van der Waals surface area contributed by atoms with Crippen molar-refractivity contribution >= 4 is 22.4 Å². The third-order valence-corrected chi connectivity index (χ3v) is 1.86. The van der Waals surface area contributed by atoms with Gasteiger partial charge in [-0.15, -0.1) is 0 Å². The summed E-state index contributed by atoms with van der Waals surface area (Å²) in [6.07, 6.45) is 5.40. The summed E-state index contributed by atoms with van der Waals surface area (Å²) in [6, 6.07) is 3.89. The van der Waals surface area contributed by atoms with Crippen LogP contribution in [0, 0.1) is 0 Å². The van der Waals surface area contributed by atoms with Crippen molar-refractivity contribution in [2.24, 2.45) is 0 Å². The highest BCUT2D eigenvalue weighted by molar-refractivity contribution is 6.34. The Balaban J connectivity index is 2.91. The second-order valence-corrected chi connectivity index (χ2v) is 2.61. The number of hydrogen-bond donors (Lipinski definition) is 0. The Kier molecular flexibility index (Phi) is 1.47. The molecule has 0 aliphatic rings. The van der Waals surface area contributed by atoms with Gasteiger partial charge in [-0.3, -0.25) is 0 Å². The van der Waals surface area contributed by atoms with Crippen molar-refractivity contribution < 1.29 is 4.98 Å². The lowest BCUT2D eigenvalue weighted by Gasteiger charge is -1.92. The first-order valence-corrected chi connectivity index (χ1v) is 3.66. The van der Waals surface area contributed by atoms with Crippen LogP contribution < -0.4 is 4.98 Å². The predicted molar refractivity (Wildman–Crippen MR) is 43.3 cm³/mol. The number of aromatic nitrogens is 2. The van der Waals surface area contributed by atoms with Crippen LogP contribution in [0.3, 0.4) is 0 Å². The minimum atomic E-state index is 0.541. The van der Waals surface area contributed by atoms with E-state index in [1.54, 1.807) is 6.20 Å². The summed E-state index contributed by atoms with van der Waals surface area (Å²) >= 11 is 5.83. The molecule has 2 aromatic heterocycles. The maximum absolute atomic E-state index is 5.83. The van der Waals surface area contributed by atoms with Crippen molar-refractivity contribution in [3.05, 3.63) is 35.9 Å². The molecule has 1 N–H and O–H groups in total. The van der Waals surface area contributed by atoms with Crippen molar-refractivity contribution in [1.29, 1.82) is 0 Å². The van der Waals surface area contributed by atoms with Crippen LogP contribution >= 0.6 is 11.6 Å². The lowest BCUT2D eigenvalue weighted by molar-refractivity contribution is -0.375. The van der Waals surface area contributed by atoms with Gasteiger partial charge in [-0.05, 0) is 11.5 Å². The Morgan fingerprint density at radius 1 is 1.36 bits per heavy atom. The van der Waals surface area contributed by atoms with Gasteiger partial charge in [0.15, 0.2) is 12.4 Å². The summed E-state index contributed by atoms with van der Waals surface area (Å²) in [6.45, 7) is 0. The van der Waals surface area contributed by atoms with Crippen LogP contribution in [0.15, 0.2) is 30.7 Å². The van der Waals surface area contributed by atoms with Crippen molar-refractivity contribution in [3.63, 3.8) is 0 Å². The number of pyridine rings is 2. The molecular formula is C8H6ClN2+. The van der Waals surface area contributed by atoms with E-state index in [0.29, 0.717) is 5.15 Å².